The topological polar surface area (TPSA) is 53.8 Å². The third-order valence-electron chi connectivity index (χ3n) is 3.33. The maximum atomic E-state index is 9.22. The van der Waals surface area contributed by atoms with Gasteiger partial charge in [0.1, 0.15) is 0 Å². The SMILES string of the molecule is Cc1[nH]c(-c2ccc3c(c2)ncn3C)cc1CO. The average molecular weight is 241 g/mol. The van der Waals surface area contributed by atoms with E-state index in [1.165, 1.54) is 0 Å². The van der Waals surface area contributed by atoms with Crippen LogP contribution in [0.2, 0.25) is 0 Å². The zero-order chi connectivity index (χ0) is 12.7. The molecular weight excluding hydrogens is 226 g/mol. The Bertz CT molecular complexity index is 709. The number of hydrogen-bond acceptors (Lipinski definition) is 2. The van der Waals surface area contributed by atoms with Crippen LogP contribution in [0.1, 0.15) is 11.3 Å². The lowest BCUT2D eigenvalue weighted by atomic mass is 10.1. The molecule has 0 fully saturated rings. The van der Waals surface area contributed by atoms with Gasteiger partial charge in [-0.3, -0.25) is 0 Å². The third-order valence-corrected chi connectivity index (χ3v) is 3.33. The molecular formula is C14H15N3O. The zero-order valence-electron chi connectivity index (χ0n) is 10.4. The van der Waals surface area contributed by atoms with Crippen molar-refractivity contribution in [3.8, 4) is 11.3 Å². The predicted molar refractivity (Wildman–Crippen MR) is 71.2 cm³/mol. The van der Waals surface area contributed by atoms with Crippen LogP contribution in [0.4, 0.5) is 0 Å². The Balaban J connectivity index is 2.12. The van der Waals surface area contributed by atoms with Gasteiger partial charge in [-0.25, -0.2) is 4.98 Å². The smallest absolute Gasteiger partial charge is 0.0955 e. The summed E-state index contributed by atoms with van der Waals surface area (Å²) in [7, 11) is 1.98. The Kier molecular flexibility index (Phi) is 2.45. The zero-order valence-corrected chi connectivity index (χ0v) is 10.4. The van der Waals surface area contributed by atoms with Gasteiger partial charge in [-0.2, -0.15) is 0 Å². The molecule has 2 aromatic heterocycles. The second-order valence-corrected chi connectivity index (χ2v) is 4.55. The fraction of sp³-hybridized carbons (Fsp3) is 0.214. The lowest BCUT2D eigenvalue weighted by Gasteiger charge is -1.99. The third kappa shape index (κ3) is 1.62. The summed E-state index contributed by atoms with van der Waals surface area (Å²) >= 11 is 0. The predicted octanol–water partition coefficient (Wildman–Crippen LogP) is 2.37. The summed E-state index contributed by atoms with van der Waals surface area (Å²) in [6, 6.07) is 8.17. The van der Waals surface area contributed by atoms with Crippen LogP contribution in [0, 0.1) is 6.92 Å². The van der Waals surface area contributed by atoms with Crippen LogP contribution in [0.25, 0.3) is 22.3 Å². The molecule has 0 radical (unpaired) electrons. The van der Waals surface area contributed by atoms with E-state index >= 15 is 0 Å². The Morgan fingerprint density at radius 3 is 2.89 bits per heavy atom. The molecule has 4 heteroatoms. The molecule has 0 saturated carbocycles. The average Bonchev–Trinajstić information content (AvgIpc) is 2.93. The number of aromatic amines is 1. The van der Waals surface area contributed by atoms with Crippen LogP contribution >= 0.6 is 0 Å². The van der Waals surface area contributed by atoms with Crippen molar-refractivity contribution in [3.63, 3.8) is 0 Å². The molecule has 0 amide bonds. The van der Waals surface area contributed by atoms with Crippen molar-refractivity contribution >= 4 is 11.0 Å². The number of nitrogens with one attached hydrogen (secondary N) is 1. The van der Waals surface area contributed by atoms with Crippen molar-refractivity contribution in [2.24, 2.45) is 7.05 Å². The lowest BCUT2D eigenvalue weighted by Crippen LogP contribution is -1.84. The second-order valence-electron chi connectivity index (χ2n) is 4.55. The maximum absolute atomic E-state index is 9.22. The van der Waals surface area contributed by atoms with Crippen LogP contribution in [0.3, 0.4) is 0 Å². The van der Waals surface area contributed by atoms with Crippen molar-refractivity contribution in [2.75, 3.05) is 0 Å². The fourth-order valence-corrected chi connectivity index (χ4v) is 2.22. The Hall–Kier alpha value is -2.07. The van der Waals surface area contributed by atoms with Crippen LogP contribution in [0.15, 0.2) is 30.6 Å². The number of hydrogen-bond donors (Lipinski definition) is 2. The van der Waals surface area contributed by atoms with Gasteiger partial charge in [0, 0.05) is 24.0 Å². The number of fused-ring (bicyclic) bond motifs is 1. The summed E-state index contributed by atoms with van der Waals surface area (Å²) in [5.41, 5.74) is 6.14. The molecule has 0 unspecified atom stereocenters. The molecule has 0 saturated heterocycles. The molecule has 18 heavy (non-hydrogen) atoms. The molecule has 3 rings (SSSR count). The van der Waals surface area contributed by atoms with E-state index in [-0.39, 0.29) is 6.61 Å². The van der Waals surface area contributed by atoms with Crippen molar-refractivity contribution in [3.05, 3.63) is 41.9 Å². The summed E-state index contributed by atoms with van der Waals surface area (Å²) < 4.78 is 2.00. The molecule has 2 heterocycles. The van der Waals surface area contributed by atoms with E-state index in [4.69, 9.17) is 0 Å². The molecule has 1 aromatic carbocycles. The Morgan fingerprint density at radius 1 is 1.33 bits per heavy atom. The largest absolute Gasteiger partial charge is 0.392 e. The second kappa shape index (κ2) is 3.99. The highest BCUT2D eigenvalue weighted by Crippen LogP contribution is 2.25. The molecule has 92 valence electrons. The molecule has 0 aliphatic rings. The number of aromatic nitrogens is 3. The first-order valence-corrected chi connectivity index (χ1v) is 5.90. The van der Waals surface area contributed by atoms with E-state index in [2.05, 4.69) is 28.2 Å². The molecule has 0 spiro atoms. The van der Waals surface area contributed by atoms with Crippen LogP contribution in [0.5, 0.6) is 0 Å². The van der Waals surface area contributed by atoms with E-state index < -0.39 is 0 Å². The summed E-state index contributed by atoms with van der Waals surface area (Å²) in [5.74, 6) is 0. The Morgan fingerprint density at radius 2 is 2.17 bits per heavy atom. The van der Waals surface area contributed by atoms with E-state index in [1.54, 1.807) is 0 Å². The minimum atomic E-state index is 0.0637. The van der Waals surface area contributed by atoms with Crippen molar-refractivity contribution in [1.29, 1.82) is 0 Å². The van der Waals surface area contributed by atoms with Gasteiger partial charge in [0.2, 0.25) is 0 Å². The minimum Gasteiger partial charge on any atom is -0.392 e. The fourth-order valence-electron chi connectivity index (χ4n) is 2.22. The van der Waals surface area contributed by atoms with Gasteiger partial charge in [-0.15, -0.1) is 0 Å². The van der Waals surface area contributed by atoms with E-state index in [9.17, 15) is 5.11 Å². The number of rotatable bonds is 2. The van der Waals surface area contributed by atoms with Gasteiger partial charge >= 0.3 is 0 Å². The molecule has 3 aromatic rings. The number of nitrogens with zero attached hydrogens (tertiary/aromatic N) is 2. The van der Waals surface area contributed by atoms with Gasteiger partial charge in [0.25, 0.3) is 0 Å². The number of H-pyrrole nitrogens is 1. The van der Waals surface area contributed by atoms with Gasteiger partial charge in [-0.1, -0.05) is 6.07 Å². The van der Waals surface area contributed by atoms with Crippen LogP contribution < -0.4 is 0 Å². The van der Waals surface area contributed by atoms with E-state index in [0.717, 1.165) is 33.5 Å². The van der Waals surface area contributed by atoms with Gasteiger partial charge in [0.05, 0.1) is 24.0 Å². The van der Waals surface area contributed by atoms with Crippen LogP contribution in [-0.2, 0) is 13.7 Å². The standard InChI is InChI=1S/C14H15N3O/c1-9-11(7-18)6-12(16-9)10-3-4-14-13(5-10)15-8-17(14)2/h3-6,8,16,18H,7H2,1-2H3. The number of imidazole rings is 1. The van der Waals surface area contributed by atoms with Gasteiger partial charge in [-0.05, 0) is 30.7 Å². The first kappa shape index (κ1) is 11.0. The summed E-state index contributed by atoms with van der Waals surface area (Å²) in [5, 5.41) is 9.22. The Labute approximate surface area is 105 Å². The maximum Gasteiger partial charge on any atom is 0.0955 e. The molecule has 0 bridgehead atoms. The van der Waals surface area contributed by atoms with Crippen LogP contribution in [-0.4, -0.2) is 19.6 Å². The molecule has 4 nitrogen and oxygen atoms in total. The molecule has 2 N–H and O–H groups in total. The first-order valence-electron chi connectivity index (χ1n) is 5.90. The van der Waals surface area contributed by atoms with E-state index in [1.807, 2.05) is 30.9 Å². The summed E-state index contributed by atoms with van der Waals surface area (Å²) in [6.07, 6.45) is 1.81. The van der Waals surface area contributed by atoms with E-state index in [0.29, 0.717) is 0 Å². The van der Waals surface area contributed by atoms with Crippen molar-refractivity contribution < 1.29 is 5.11 Å². The monoisotopic (exact) mass is 241 g/mol. The highest BCUT2D eigenvalue weighted by atomic mass is 16.3. The minimum absolute atomic E-state index is 0.0637. The van der Waals surface area contributed by atoms with Crippen molar-refractivity contribution in [2.45, 2.75) is 13.5 Å². The number of benzene rings is 1. The normalized spacial score (nSPS) is 11.3. The summed E-state index contributed by atoms with van der Waals surface area (Å²) in [6.45, 7) is 2.03. The highest BCUT2D eigenvalue weighted by Gasteiger charge is 2.07. The highest BCUT2D eigenvalue weighted by molar-refractivity contribution is 5.81. The first-order chi connectivity index (χ1) is 8.69. The number of aryl methyl sites for hydroxylation is 2. The van der Waals surface area contributed by atoms with Gasteiger partial charge in [0.15, 0.2) is 0 Å². The van der Waals surface area contributed by atoms with Crippen molar-refractivity contribution in [1.82, 2.24) is 14.5 Å². The number of aliphatic hydroxyl groups is 1. The molecule has 0 aliphatic heterocycles. The number of aliphatic hydroxyl groups excluding tert-OH is 1. The molecule has 0 aliphatic carbocycles. The summed E-state index contributed by atoms with van der Waals surface area (Å²) in [4.78, 5) is 7.64. The van der Waals surface area contributed by atoms with Gasteiger partial charge < -0.3 is 14.7 Å². The lowest BCUT2D eigenvalue weighted by molar-refractivity contribution is 0.281. The molecule has 0 atom stereocenters. The quantitative estimate of drug-likeness (QED) is 0.723.